The number of nitrogens with one attached hydrogen (secondary N) is 1. The Labute approximate surface area is 553 Å². The number of amides is 1. The van der Waals surface area contributed by atoms with Gasteiger partial charge in [-0.15, -0.1) is 0 Å². The van der Waals surface area contributed by atoms with Crippen LogP contribution in [0.3, 0.4) is 0 Å². The molecule has 1 heterocycles. The summed E-state index contributed by atoms with van der Waals surface area (Å²) >= 11 is 0. The Balaban J connectivity index is 2.07. The predicted octanol–water partition coefficient (Wildman–Crippen LogP) is 22.8. The van der Waals surface area contributed by atoms with Crippen molar-refractivity contribution < 1.29 is 39.8 Å². The molecule has 0 bridgehead atoms. The highest BCUT2D eigenvalue weighted by atomic mass is 16.7. The van der Waals surface area contributed by atoms with Crippen LogP contribution in [0.2, 0.25) is 0 Å². The van der Waals surface area contributed by atoms with Crippen molar-refractivity contribution in [2.45, 2.75) is 468 Å². The van der Waals surface area contributed by atoms with Gasteiger partial charge in [0, 0.05) is 6.42 Å². The fourth-order valence-electron chi connectivity index (χ4n) is 13.3. The minimum absolute atomic E-state index is 0.176. The monoisotopic (exact) mass is 1260 g/mol. The lowest BCUT2D eigenvalue weighted by molar-refractivity contribution is -0.302. The van der Waals surface area contributed by atoms with Crippen LogP contribution < -0.4 is 5.32 Å². The summed E-state index contributed by atoms with van der Waals surface area (Å²) in [6.07, 6.45) is 86.3. The molecule has 1 aliphatic rings. The Morgan fingerprint density at radius 3 is 0.944 bits per heavy atom. The highest BCUT2D eigenvalue weighted by Gasteiger charge is 2.44. The van der Waals surface area contributed by atoms with E-state index in [1.165, 1.54) is 366 Å². The van der Waals surface area contributed by atoms with E-state index in [4.69, 9.17) is 9.47 Å². The van der Waals surface area contributed by atoms with E-state index in [1.807, 2.05) is 6.08 Å². The molecular weight excluding hydrogens is 1100 g/mol. The fraction of sp³-hybridized carbons (Fsp3) is 0.938. The van der Waals surface area contributed by atoms with Gasteiger partial charge in [0.25, 0.3) is 0 Å². The molecule has 7 unspecified atom stereocenters. The summed E-state index contributed by atoms with van der Waals surface area (Å²) in [5.41, 5.74) is 0. The number of carbonyl (C=O) groups is 1. The van der Waals surface area contributed by atoms with Crippen LogP contribution in [0.15, 0.2) is 24.3 Å². The molecule has 0 saturated carbocycles. The number of aliphatic hydroxyl groups is 5. The Hall–Kier alpha value is -1.33. The predicted molar refractivity (Wildman–Crippen MR) is 383 cm³/mol. The first kappa shape index (κ1) is 85.7. The minimum atomic E-state index is -1.57. The zero-order chi connectivity index (χ0) is 64.2. The van der Waals surface area contributed by atoms with Gasteiger partial charge in [-0.1, -0.05) is 411 Å². The second-order valence-electron chi connectivity index (χ2n) is 28.2. The van der Waals surface area contributed by atoms with E-state index >= 15 is 0 Å². The van der Waals surface area contributed by atoms with Gasteiger partial charge in [0.05, 0.1) is 25.4 Å². The van der Waals surface area contributed by atoms with Crippen molar-refractivity contribution in [2.24, 2.45) is 0 Å². The summed E-state index contributed by atoms with van der Waals surface area (Å²) < 4.78 is 11.3. The Kier molecular flexibility index (Phi) is 66.9. The number of hydrogen-bond donors (Lipinski definition) is 6. The van der Waals surface area contributed by atoms with Crippen LogP contribution in [0.4, 0.5) is 0 Å². The summed E-state index contributed by atoms with van der Waals surface area (Å²) in [6.45, 7) is 3.84. The van der Waals surface area contributed by atoms with Crippen LogP contribution in [0.1, 0.15) is 425 Å². The van der Waals surface area contributed by atoms with E-state index in [-0.39, 0.29) is 12.5 Å². The summed E-state index contributed by atoms with van der Waals surface area (Å²) in [5, 5.41) is 54.9. The number of ether oxygens (including phenoxy) is 2. The lowest BCUT2D eigenvalue weighted by Crippen LogP contribution is -2.60. The number of hydrogen-bond acceptors (Lipinski definition) is 8. The number of aliphatic hydroxyl groups excluding tert-OH is 5. The normalized spacial score (nSPS) is 17.9. The van der Waals surface area contributed by atoms with Crippen LogP contribution in [0, 0.1) is 0 Å². The molecule has 6 N–H and O–H groups in total. The van der Waals surface area contributed by atoms with Gasteiger partial charge in [0.15, 0.2) is 6.29 Å². The molecule has 0 aromatic rings. The second kappa shape index (κ2) is 69.5. The highest BCUT2D eigenvalue weighted by molar-refractivity contribution is 5.76. The third kappa shape index (κ3) is 57.8. The van der Waals surface area contributed by atoms with Crippen LogP contribution >= 0.6 is 0 Å². The summed E-state index contributed by atoms with van der Waals surface area (Å²) in [5.74, 6) is -0.176. The maximum Gasteiger partial charge on any atom is 0.220 e. The molecule has 0 aromatic carbocycles. The third-order valence-electron chi connectivity index (χ3n) is 19.5. The number of unbranched alkanes of at least 4 members (excludes halogenated alkanes) is 60. The molecule has 1 rings (SSSR count). The standard InChI is InChI=1S/C80H155NO8/c1-3-5-7-9-11-13-15-17-19-21-23-25-27-29-31-33-35-36-37-38-40-42-44-46-48-50-52-54-56-58-60-62-64-66-68-70-76(84)81-73(72-88-80-79(87)78(86)77(85)75(71-82)89-80)74(83)69-67-65-63-61-59-57-55-53-51-49-47-45-43-41-39-34-32-30-28-26-24-22-20-18-16-14-12-10-8-6-4-2/h59,61,67,69,73-75,77-80,82-83,85-87H,3-58,60,62-66,68,70-72H2,1-2H3,(H,81,84)/b61-59+,69-67+. The topological polar surface area (TPSA) is 149 Å². The average molecular weight is 1260 g/mol. The molecular formula is C80H155NO8. The molecule has 528 valence electrons. The zero-order valence-electron chi connectivity index (χ0n) is 59.5. The van der Waals surface area contributed by atoms with Crippen molar-refractivity contribution in [3.8, 4) is 0 Å². The first-order valence-corrected chi connectivity index (χ1v) is 40.1. The van der Waals surface area contributed by atoms with Crippen molar-refractivity contribution in [1.82, 2.24) is 5.32 Å². The molecule has 7 atom stereocenters. The lowest BCUT2D eigenvalue weighted by Gasteiger charge is -2.40. The van der Waals surface area contributed by atoms with Gasteiger partial charge in [0.1, 0.15) is 24.4 Å². The van der Waals surface area contributed by atoms with E-state index < -0.39 is 49.5 Å². The van der Waals surface area contributed by atoms with E-state index in [0.29, 0.717) is 6.42 Å². The molecule has 1 fully saturated rings. The molecule has 0 aliphatic carbocycles. The molecule has 1 aliphatic heterocycles. The molecule has 1 amide bonds. The Morgan fingerprint density at radius 1 is 0.371 bits per heavy atom. The van der Waals surface area contributed by atoms with Gasteiger partial charge >= 0.3 is 0 Å². The zero-order valence-corrected chi connectivity index (χ0v) is 59.5. The summed E-state index contributed by atoms with van der Waals surface area (Å²) in [7, 11) is 0. The van der Waals surface area contributed by atoms with Crippen molar-refractivity contribution in [2.75, 3.05) is 13.2 Å². The van der Waals surface area contributed by atoms with Gasteiger partial charge < -0.3 is 40.3 Å². The van der Waals surface area contributed by atoms with Gasteiger partial charge in [0.2, 0.25) is 5.91 Å². The Morgan fingerprint density at radius 2 is 0.640 bits per heavy atom. The summed E-state index contributed by atoms with van der Waals surface area (Å²) in [4.78, 5) is 13.2. The maximum absolute atomic E-state index is 13.2. The van der Waals surface area contributed by atoms with Gasteiger partial charge in [-0.05, 0) is 32.1 Å². The molecule has 9 nitrogen and oxygen atoms in total. The van der Waals surface area contributed by atoms with E-state index in [2.05, 4.69) is 31.3 Å². The van der Waals surface area contributed by atoms with Crippen molar-refractivity contribution in [3.05, 3.63) is 24.3 Å². The molecule has 89 heavy (non-hydrogen) atoms. The number of carbonyl (C=O) groups excluding carboxylic acids is 1. The fourth-order valence-corrected chi connectivity index (χ4v) is 13.3. The van der Waals surface area contributed by atoms with Gasteiger partial charge in [-0.2, -0.15) is 0 Å². The van der Waals surface area contributed by atoms with Crippen molar-refractivity contribution >= 4 is 5.91 Å². The van der Waals surface area contributed by atoms with Crippen LogP contribution in [0.25, 0.3) is 0 Å². The number of allylic oxidation sites excluding steroid dienone is 3. The van der Waals surface area contributed by atoms with Crippen LogP contribution in [0.5, 0.6) is 0 Å². The van der Waals surface area contributed by atoms with Gasteiger partial charge in [-0.3, -0.25) is 4.79 Å². The highest BCUT2D eigenvalue weighted by Crippen LogP contribution is 2.24. The van der Waals surface area contributed by atoms with Crippen LogP contribution in [-0.2, 0) is 14.3 Å². The lowest BCUT2D eigenvalue weighted by atomic mass is 9.99. The first-order chi connectivity index (χ1) is 43.8. The quantitative estimate of drug-likeness (QED) is 0.0261. The third-order valence-corrected chi connectivity index (χ3v) is 19.5. The molecule has 9 heteroatoms. The van der Waals surface area contributed by atoms with Gasteiger partial charge in [-0.25, -0.2) is 0 Å². The van der Waals surface area contributed by atoms with Crippen molar-refractivity contribution in [3.63, 3.8) is 0 Å². The second-order valence-corrected chi connectivity index (χ2v) is 28.2. The smallest absolute Gasteiger partial charge is 0.220 e. The average Bonchev–Trinajstić information content (AvgIpc) is 3.44. The minimum Gasteiger partial charge on any atom is -0.394 e. The molecule has 0 aromatic heterocycles. The first-order valence-electron chi connectivity index (χ1n) is 40.1. The van der Waals surface area contributed by atoms with Crippen molar-refractivity contribution in [1.29, 1.82) is 0 Å². The molecule has 1 saturated heterocycles. The summed E-state index contributed by atoms with van der Waals surface area (Å²) in [6, 6.07) is -0.821. The molecule has 0 radical (unpaired) electrons. The maximum atomic E-state index is 13.2. The van der Waals surface area contributed by atoms with E-state index in [1.54, 1.807) is 6.08 Å². The molecule has 0 spiro atoms. The van der Waals surface area contributed by atoms with E-state index in [9.17, 15) is 30.3 Å². The SMILES string of the molecule is CCCCCCCCCCCCCCCCCCCCCCCCCCC/C=C/CC/C=C/C(O)C(COC1OC(CO)C(O)C(O)C1O)NC(=O)CCCCCCCCCCCCCCCCCCCCCCCCCCCCCCCCCCCCC. The van der Waals surface area contributed by atoms with Crippen LogP contribution in [-0.4, -0.2) is 87.5 Å². The number of rotatable bonds is 72. The van der Waals surface area contributed by atoms with E-state index in [0.717, 1.165) is 38.5 Å². The largest absolute Gasteiger partial charge is 0.394 e. The Bertz CT molecular complexity index is 1460.